The normalized spacial score (nSPS) is 17.3. The molecule has 6 nitrogen and oxygen atoms in total. The molecule has 0 unspecified atom stereocenters. The van der Waals surface area contributed by atoms with Gasteiger partial charge in [0.25, 0.3) is 0 Å². The van der Waals surface area contributed by atoms with Gasteiger partial charge in [0.1, 0.15) is 5.75 Å². The van der Waals surface area contributed by atoms with Crippen molar-refractivity contribution in [2.75, 3.05) is 17.4 Å². The van der Waals surface area contributed by atoms with Gasteiger partial charge in [-0.15, -0.1) is 0 Å². The van der Waals surface area contributed by atoms with Crippen LogP contribution in [0.25, 0.3) is 10.8 Å². The molecule has 3 N–H and O–H groups in total. The maximum Gasteiger partial charge on any atom is 0.301 e. The molecule has 1 saturated heterocycles. The topological polar surface area (TPSA) is 89.9 Å². The van der Waals surface area contributed by atoms with Gasteiger partial charge in [0.05, 0.1) is 11.3 Å². The molecule has 1 heterocycles. The van der Waals surface area contributed by atoms with Gasteiger partial charge in [-0.25, -0.2) is 0 Å². The van der Waals surface area contributed by atoms with Crippen molar-refractivity contribution < 1.29 is 18.6 Å². The van der Waals surface area contributed by atoms with Gasteiger partial charge in [-0.05, 0) is 61.6 Å². The number of phenolic OH excluding ortho intramolecular Hbond substituents is 1. The van der Waals surface area contributed by atoms with Crippen LogP contribution >= 0.6 is 0 Å². The van der Waals surface area contributed by atoms with Crippen molar-refractivity contribution >= 4 is 26.7 Å². The summed E-state index contributed by atoms with van der Waals surface area (Å²) in [6, 6.07) is 9.25. The number of phenols is 1. The van der Waals surface area contributed by atoms with E-state index in [2.05, 4.69) is 4.72 Å². The first-order valence-corrected chi connectivity index (χ1v) is 9.85. The van der Waals surface area contributed by atoms with E-state index < -0.39 is 15.8 Å². The van der Waals surface area contributed by atoms with Crippen LogP contribution in [0, 0.1) is 0 Å². The van der Waals surface area contributed by atoms with Crippen LogP contribution in [0.1, 0.15) is 32.3 Å². The summed E-state index contributed by atoms with van der Waals surface area (Å²) in [4.78, 5) is 0. The summed E-state index contributed by atoms with van der Waals surface area (Å²) >= 11 is 0. The third kappa shape index (κ3) is 4.05. The van der Waals surface area contributed by atoms with Crippen LogP contribution in [-0.4, -0.2) is 37.3 Å². The van der Waals surface area contributed by atoms with Crippen LogP contribution in [0.15, 0.2) is 30.3 Å². The van der Waals surface area contributed by atoms with E-state index in [0.717, 1.165) is 29.2 Å². The highest BCUT2D eigenvalue weighted by Crippen LogP contribution is 2.35. The molecule has 25 heavy (non-hydrogen) atoms. The first-order chi connectivity index (χ1) is 11.7. The average molecular weight is 364 g/mol. The molecule has 0 atom stereocenters. The van der Waals surface area contributed by atoms with Crippen molar-refractivity contribution in [2.24, 2.45) is 0 Å². The molecule has 136 valence electrons. The maximum atomic E-state index is 12.0. The lowest BCUT2D eigenvalue weighted by atomic mass is 9.97. The highest BCUT2D eigenvalue weighted by Gasteiger charge is 2.30. The molecule has 2 aromatic rings. The van der Waals surface area contributed by atoms with Gasteiger partial charge in [0.15, 0.2) is 0 Å². The van der Waals surface area contributed by atoms with Crippen LogP contribution in [0.4, 0.5) is 5.69 Å². The SMILES string of the molecule is CC(C)(O)CCCc1ccc2cc(O)c(N3CCNS3(=O)=O)cc2c1. The zero-order valence-corrected chi connectivity index (χ0v) is 15.3. The highest BCUT2D eigenvalue weighted by molar-refractivity contribution is 7.91. The molecule has 0 aromatic heterocycles. The predicted octanol–water partition coefficient (Wildman–Crippen LogP) is 2.29. The summed E-state index contributed by atoms with van der Waals surface area (Å²) in [5.41, 5.74) is 0.745. The third-order valence-electron chi connectivity index (χ3n) is 4.41. The van der Waals surface area contributed by atoms with E-state index in [0.29, 0.717) is 25.2 Å². The number of nitrogens with one attached hydrogen (secondary N) is 1. The van der Waals surface area contributed by atoms with Gasteiger partial charge in [0, 0.05) is 13.1 Å². The number of aryl methyl sites for hydroxylation is 1. The molecular formula is C18H24N2O4S. The van der Waals surface area contributed by atoms with Gasteiger partial charge in [-0.3, -0.25) is 4.31 Å². The van der Waals surface area contributed by atoms with Crippen LogP contribution in [-0.2, 0) is 16.6 Å². The summed E-state index contributed by atoms with van der Waals surface area (Å²) in [6.07, 6.45) is 2.41. The number of benzene rings is 2. The Kier molecular flexibility index (Phi) is 4.66. The van der Waals surface area contributed by atoms with E-state index in [-0.39, 0.29) is 5.75 Å². The molecule has 0 radical (unpaired) electrons. The number of aliphatic hydroxyl groups is 1. The zero-order chi connectivity index (χ0) is 18.2. The number of hydrogen-bond donors (Lipinski definition) is 3. The smallest absolute Gasteiger partial charge is 0.301 e. The Morgan fingerprint density at radius 3 is 2.60 bits per heavy atom. The molecule has 2 aromatic carbocycles. The van der Waals surface area contributed by atoms with Crippen molar-refractivity contribution in [2.45, 2.75) is 38.7 Å². The summed E-state index contributed by atoms with van der Waals surface area (Å²) < 4.78 is 27.7. The van der Waals surface area contributed by atoms with E-state index in [9.17, 15) is 18.6 Å². The van der Waals surface area contributed by atoms with Gasteiger partial charge in [-0.2, -0.15) is 13.1 Å². The Morgan fingerprint density at radius 1 is 1.20 bits per heavy atom. The lowest BCUT2D eigenvalue weighted by Crippen LogP contribution is -2.29. The molecule has 0 amide bonds. The van der Waals surface area contributed by atoms with Crippen molar-refractivity contribution in [1.29, 1.82) is 0 Å². The molecule has 0 aliphatic carbocycles. The molecule has 3 rings (SSSR count). The summed E-state index contributed by atoms with van der Waals surface area (Å²) in [7, 11) is -3.58. The Hall–Kier alpha value is -1.83. The number of nitrogens with zero attached hydrogens (tertiary/aromatic N) is 1. The molecule has 7 heteroatoms. The molecule has 1 aliphatic heterocycles. The maximum absolute atomic E-state index is 12.0. The van der Waals surface area contributed by atoms with Crippen molar-refractivity contribution in [3.05, 3.63) is 35.9 Å². The minimum absolute atomic E-state index is 0.0467. The molecule has 0 bridgehead atoms. The van der Waals surface area contributed by atoms with Gasteiger partial charge in [0.2, 0.25) is 0 Å². The monoisotopic (exact) mass is 364 g/mol. The van der Waals surface area contributed by atoms with Crippen LogP contribution < -0.4 is 9.03 Å². The quantitative estimate of drug-likeness (QED) is 0.759. The average Bonchev–Trinajstić information content (AvgIpc) is 2.85. The zero-order valence-electron chi connectivity index (χ0n) is 14.5. The van der Waals surface area contributed by atoms with E-state index in [1.165, 1.54) is 4.31 Å². The van der Waals surface area contributed by atoms with Crippen molar-refractivity contribution in [3.63, 3.8) is 0 Å². The second-order valence-corrected chi connectivity index (χ2v) is 8.84. The highest BCUT2D eigenvalue weighted by atomic mass is 32.2. The lowest BCUT2D eigenvalue weighted by Gasteiger charge is -2.18. The largest absolute Gasteiger partial charge is 0.506 e. The lowest BCUT2D eigenvalue weighted by molar-refractivity contribution is 0.0689. The fourth-order valence-electron chi connectivity index (χ4n) is 3.13. The van der Waals surface area contributed by atoms with E-state index in [1.807, 2.05) is 18.2 Å². The Labute approximate surface area is 148 Å². The fourth-order valence-corrected chi connectivity index (χ4v) is 4.37. The number of hydrogen-bond acceptors (Lipinski definition) is 4. The predicted molar refractivity (Wildman–Crippen MR) is 99.1 cm³/mol. The fraction of sp³-hybridized carbons (Fsp3) is 0.444. The molecule has 1 fully saturated rings. The molecule has 0 spiro atoms. The first-order valence-electron chi connectivity index (χ1n) is 8.41. The molecule has 1 aliphatic rings. The summed E-state index contributed by atoms with van der Waals surface area (Å²) in [5.74, 6) is -0.0467. The second kappa shape index (κ2) is 6.48. The van der Waals surface area contributed by atoms with Gasteiger partial charge < -0.3 is 10.2 Å². The second-order valence-electron chi connectivity index (χ2n) is 7.16. The third-order valence-corrected chi connectivity index (χ3v) is 5.94. The van der Waals surface area contributed by atoms with Crippen molar-refractivity contribution in [1.82, 2.24) is 4.72 Å². The summed E-state index contributed by atoms with van der Waals surface area (Å²) in [5, 5.41) is 21.8. The Bertz CT molecular complexity index is 888. The van der Waals surface area contributed by atoms with E-state index in [4.69, 9.17) is 0 Å². The van der Waals surface area contributed by atoms with Gasteiger partial charge in [-0.1, -0.05) is 18.2 Å². The van der Waals surface area contributed by atoms with E-state index in [1.54, 1.807) is 26.0 Å². The number of aromatic hydroxyl groups is 1. The minimum Gasteiger partial charge on any atom is -0.506 e. The van der Waals surface area contributed by atoms with Gasteiger partial charge >= 0.3 is 10.2 Å². The summed E-state index contributed by atoms with van der Waals surface area (Å²) in [6.45, 7) is 4.23. The van der Waals surface area contributed by atoms with Crippen LogP contribution in [0.5, 0.6) is 5.75 Å². The Morgan fingerprint density at radius 2 is 1.96 bits per heavy atom. The molecular weight excluding hydrogens is 340 g/mol. The minimum atomic E-state index is -3.58. The van der Waals surface area contributed by atoms with Crippen molar-refractivity contribution in [3.8, 4) is 5.75 Å². The number of anilines is 1. The number of rotatable bonds is 5. The standard InChI is InChI=1S/C18H24N2O4S/c1-18(2,22)7-3-4-13-5-6-14-12-17(21)16(11-15(14)10-13)20-9-8-19-25(20,23)24/h5-6,10-12,19,21-22H,3-4,7-9H2,1-2H3. The Balaban J connectivity index is 1.89. The molecule has 0 saturated carbocycles. The van der Waals surface area contributed by atoms with Crippen LogP contribution in [0.3, 0.4) is 0 Å². The van der Waals surface area contributed by atoms with E-state index >= 15 is 0 Å². The first kappa shape index (κ1) is 18.0. The van der Waals surface area contributed by atoms with Crippen LogP contribution in [0.2, 0.25) is 0 Å². The number of fused-ring (bicyclic) bond motifs is 1.